The summed E-state index contributed by atoms with van der Waals surface area (Å²) in [6, 6.07) is 7.10. The Balaban J connectivity index is 2.49. The third-order valence-corrected chi connectivity index (χ3v) is 3.20. The summed E-state index contributed by atoms with van der Waals surface area (Å²) in [5, 5.41) is 8.18. The molecule has 0 atom stereocenters. The van der Waals surface area contributed by atoms with Crippen molar-refractivity contribution in [3.8, 4) is 0 Å². The van der Waals surface area contributed by atoms with Crippen LogP contribution < -0.4 is 10.9 Å². The fourth-order valence-electron chi connectivity index (χ4n) is 2.08. The van der Waals surface area contributed by atoms with Gasteiger partial charge >= 0.3 is 0 Å². The van der Waals surface area contributed by atoms with E-state index in [0.29, 0.717) is 29.6 Å². The van der Waals surface area contributed by atoms with Crippen molar-refractivity contribution < 1.29 is 4.79 Å². The van der Waals surface area contributed by atoms with Gasteiger partial charge in [-0.05, 0) is 19.4 Å². The van der Waals surface area contributed by atoms with Crippen LogP contribution in [0.2, 0.25) is 0 Å². The van der Waals surface area contributed by atoms with Crippen LogP contribution in [0.5, 0.6) is 0 Å². The van der Waals surface area contributed by atoms with Gasteiger partial charge in [-0.25, -0.2) is 4.68 Å². The van der Waals surface area contributed by atoms with Crippen molar-refractivity contribution in [1.29, 1.82) is 0 Å². The van der Waals surface area contributed by atoms with Crippen LogP contribution in [-0.4, -0.2) is 22.2 Å². The molecule has 0 spiro atoms. The summed E-state index contributed by atoms with van der Waals surface area (Å²) >= 11 is 0. The van der Waals surface area contributed by atoms with Crippen LogP contribution in [0.1, 0.15) is 37.2 Å². The Kier molecular flexibility index (Phi) is 4.50. The number of carbonyl (C=O) groups is 1. The number of rotatable bonds is 5. The summed E-state index contributed by atoms with van der Waals surface area (Å²) in [4.78, 5) is 24.4. The molecule has 1 aromatic heterocycles. The molecule has 0 unspecified atom stereocenters. The monoisotopic (exact) mass is 273 g/mol. The number of carbonyl (C=O) groups excluding carboxylic acids is 1. The van der Waals surface area contributed by atoms with E-state index in [1.807, 2.05) is 13.0 Å². The number of aryl methyl sites for hydroxylation is 1. The molecule has 1 heterocycles. The summed E-state index contributed by atoms with van der Waals surface area (Å²) in [6.07, 6.45) is 1.94. The summed E-state index contributed by atoms with van der Waals surface area (Å²) in [5.74, 6) is -0.225. The molecule has 1 amide bonds. The quantitative estimate of drug-likeness (QED) is 0.847. The number of hydrogen-bond acceptors (Lipinski definition) is 3. The number of unbranched alkanes of at least 4 members (excludes halogenated alkanes) is 1. The normalized spacial score (nSPS) is 10.7. The number of amides is 1. The molecule has 0 aliphatic rings. The molecule has 2 rings (SSSR count). The fraction of sp³-hybridized carbons (Fsp3) is 0.400. The van der Waals surface area contributed by atoms with E-state index in [4.69, 9.17) is 0 Å². The lowest BCUT2D eigenvalue weighted by Gasteiger charge is -2.09. The fourth-order valence-corrected chi connectivity index (χ4v) is 2.08. The lowest BCUT2D eigenvalue weighted by atomic mass is 10.1. The second-order valence-corrected chi connectivity index (χ2v) is 4.62. The van der Waals surface area contributed by atoms with Gasteiger partial charge in [0.2, 0.25) is 0 Å². The van der Waals surface area contributed by atoms with Gasteiger partial charge in [-0.2, -0.15) is 5.10 Å². The molecule has 0 saturated heterocycles. The zero-order valence-corrected chi connectivity index (χ0v) is 11.8. The highest BCUT2D eigenvalue weighted by Gasteiger charge is 2.15. The molecular weight excluding hydrogens is 254 g/mol. The van der Waals surface area contributed by atoms with Gasteiger partial charge in [0.05, 0.1) is 5.39 Å². The van der Waals surface area contributed by atoms with Crippen LogP contribution >= 0.6 is 0 Å². The first-order valence-electron chi connectivity index (χ1n) is 6.97. The highest BCUT2D eigenvalue weighted by Crippen LogP contribution is 2.13. The Bertz CT molecular complexity index is 676. The highest BCUT2D eigenvalue weighted by atomic mass is 16.2. The first-order chi connectivity index (χ1) is 9.69. The first-order valence-corrected chi connectivity index (χ1v) is 6.97. The van der Waals surface area contributed by atoms with Crippen LogP contribution in [0, 0.1) is 0 Å². The zero-order chi connectivity index (χ0) is 14.5. The number of nitrogens with zero attached hydrogens (tertiary/aromatic N) is 2. The third kappa shape index (κ3) is 2.71. The topological polar surface area (TPSA) is 64.0 Å². The lowest BCUT2D eigenvalue weighted by molar-refractivity contribution is 0.0947. The van der Waals surface area contributed by atoms with Gasteiger partial charge in [0.1, 0.15) is 0 Å². The largest absolute Gasteiger partial charge is 0.351 e. The Morgan fingerprint density at radius 2 is 1.95 bits per heavy atom. The van der Waals surface area contributed by atoms with Crippen molar-refractivity contribution in [2.24, 2.45) is 0 Å². The molecule has 106 valence electrons. The van der Waals surface area contributed by atoms with Crippen molar-refractivity contribution in [1.82, 2.24) is 15.1 Å². The van der Waals surface area contributed by atoms with Gasteiger partial charge in [-0.1, -0.05) is 31.5 Å². The van der Waals surface area contributed by atoms with Crippen LogP contribution in [0.15, 0.2) is 29.1 Å². The molecule has 0 radical (unpaired) electrons. The molecule has 1 aromatic carbocycles. The molecular formula is C15H19N3O2. The SMILES string of the molecule is CCCCNC(=O)c1nn(CC)c(=O)c2ccccc12. The third-order valence-electron chi connectivity index (χ3n) is 3.20. The van der Waals surface area contributed by atoms with E-state index < -0.39 is 0 Å². The van der Waals surface area contributed by atoms with Crippen LogP contribution in [0.3, 0.4) is 0 Å². The number of benzene rings is 1. The number of hydrogen-bond donors (Lipinski definition) is 1. The highest BCUT2D eigenvalue weighted by molar-refractivity contribution is 6.04. The molecule has 1 N–H and O–H groups in total. The average molecular weight is 273 g/mol. The molecule has 2 aromatic rings. The summed E-state index contributed by atoms with van der Waals surface area (Å²) < 4.78 is 1.33. The molecule has 5 heteroatoms. The maximum Gasteiger partial charge on any atom is 0.274 e. The van der Waals surface area contributed by atoms with E-state index in [1.54, 1.807) is 18.2 Å². The predicted molar refractivity (Wildman–Crippen MR) is 78.9 cm³/mol. The van der Waals surface area contributed by atoms with Crippen molar-refractivity contribution in [2.75, 3.05) is 6.54 Å². The van der Waals surface area contributed by atoms with Gasteiger partial charge in [0.15, 0.2) is 5.69 Å². The summed E-state index contributed by atoms with van der Waals surface area (Å²) in [6.45, 7) is 4.97. The van der Waals surface area contributed by atoms with Gasteiger partial charge in [0.25, 0.3) is 11.5 Å². The van der Waals surface area contributed by atoms with E-state index in [0.717, 1.165) is 12.8 Å². The summed E-state index contributed by atoms with van der Waals surface area (Å²) in [7, 11) is 0. The first kappa shape index (κ1) is 14.2. The summed E-state index contributed by atoms with van der Waals surface area (Å²) in [5.41, 5.74) is 0.159. The maximum absolute atomic E-state index is 12.2. The number of aromatic nitrogens is 2. The minimum absolute atomic E-state index is 0.159. The lowest BCUT2D eigenvalue weighted by Crippen LogP contribution is -2.30. The van der Waals surface area contributed by atoms with Crippen molar-refractivity contribution in [3.05, 3.63) is 40.3 Å². The minimum atomic E-state index is -0.225. The van der Waals surface area contributed by atoms with Gasteiger partial charge in [0, 0.05) is 18.5 Å². The minimum Gasteiger partial charge on any atom is -0.351 e. The number of fused-ring (bicyclic) bond motifs is 1. The van der Waals surface area contributed by atoms with Crippen LogP contribution in [-0.2, 0) is 6.54 Å². The van der Waals surface area contributed by atoms with E-state index in [1.165, 1.54) is 4.68 Å². The second-order valence-electron chi connectivity index (χ2n) is 4.62. The smallest absolute Gasteiger partial charge is 0.274 e. The number of nitrogens with one attached hydrogen (secondary N) is 1. The molecule has 20 heavy (non-hydrogen) atoms. The Morgan fingerprint density at radius 3 is 2.60 bits per heavy atom. The van der Waals surface area contributed by atoms with Crippen molar-refractivity contribution >= 4 is 16.7 Å². The zero-order valence-electron chi connectivity index (χ0n) is 11.8. The Labute approximate surface area is 117 Å². The molecule has 0 aliphatic carbocycles. The Morgan fingerprint density at radius 1 is 1.25 bits per heavy atom. The van der Waals surface area contributed by atoms with Crippen LogP contribution in [0.25, 0.3) is 10.8 Å². The van der Waals surface area contributed by atoms with Gasteiger partial charge in [-0.3, -0.25) is 9.59 Å². The van der Waals surface area contributed by atoms with Crippen molar-refractivity contribution in [2.45, 2.75) is 33.2 Å². The van der Waals surface area contributed by atoms with Gasteiger partial charge < -0.3 is 5.32 Å². The molecule has 0 fully saturated rings. The standard InChI is InChI=1S/C15H19N3O2/c1-3-5-10-16-14(19)13-11-8-6-7-9-12(11)15(20)18(4-2)17-13/h6-9H,3-5,10H2,1-2H3,(H,16,19). The van der Waals surface area contributed by atoms with E-state index in [-0.39, 0.29) is 11.5 Å². The van der Waals surface area contributed by atoms with E-state index in [9.17, 15) is 9.59 Å². The second kappa shape index (κ2) is 6.32. The molecule has 0 saturated carbocycles. The molecule has 5 nitrogen and oxygen atoms in total. The maximum atomic E-state index is 12.2. The van der Waals surface area contributed by atoms with E-state index >= 15 is 0 Å². The Hall–Kier alpha value is -2.17. The van der Waals surface area contributed by atoms with E-state index in [2.05, 4.69) is 17.3 Å². The molecule has 0 aliphatic heterocycles. The van der Waals surface area contributed by atoms with Crippen LogP contribution in [0.4, 0.5) is 0 Å². The van der Waals surface area contributed by atoms with Gasteiger partial charge in [-0.15, -0.1) is 0 Å². The predicted octanol–water partition coefficient (Wildman–Crippen LogP) is 1.95. The average Bonchev–Trinajstić information content (AvgIpc) is 2.48. The van der Waals surface area contributed by atoms with Crippen molar-refractivity contribution in [3.63, 3.8) is 0 Å². The molecule has 0 bridgehead atoms.